The zero-order chi connectivity index (χ0) is 17.6. The molecule has 134 valence electrons. The smallest absolute Gasteiger partial charge is 0.237 e. The molecule has 1 amide bonds. The van der Waals surface area contributed by atoms with Crippen LogP contribution < -0.4 is 5.32 Å². The first kappa shape index (κ1) is 17.6. The molecule has 2 heterocycles. The second-order valence-electron chi connectivity index (χ2n) is 6.69. The minimum atomic E-state index is -0.238. The second-order valence-corrected chi connectivity index (χ2v) is 6.69. The first-order valence-electron chi connectivity index (χ1n) is 8.89. The standard InChI is InChI=1S/C19H25FN4O/c1-14(19(25)21-10-8-15-4-6-17(20)7-5-15)24-12-2-3-16(13-24)18-9-11-22-23-18/h4-7,9,11,14,16H,2-3,8,10,12-13H2,1H3,(H,21,25)(H,22,23). The highest BCUT2D eigenvalue weighted by Gasteiger charge is 2.28. The summed E-state index contributed by atoms with van der Waals surface area (Å²) in [6.07, 6.45) is 4.68. The highest BCUT2D eigenvalue weighted by molar-refractivity contribution is 5.81. The number of likely N-dealkylation sites (tertiary alicyclic amines) is 1. The number of aromatic nitrogens is 2. The van der Waals surface area contributed by atoms with Gasteiger partial charge in [0.15, 0.2) is 0 Å². The van der Waals surface area contributed by atoms with Gasteiger partial charge in [-0.25, -0.2) is 4.39 Å². The molecule has 2 aromatic rings. The number of nitrogens with zero attached hydrogens (tertiary/aromatic N) is 2. The molecular formula is C19H25FN4O. The van der Waals surface area contributed by atoms with Crippen LogP contribution in [-0.4, -0.2) is 46.7 Å². The van der Waals surface area contributed by atoms with Crippen LogP contribution in [0.5, 0.6) is 0 Å². The Hall–Kier alpha value is -2.21. The van der Waals surface area contributed by atoms with E-state index in [4.69, 9.17) is 0 Å². The molecule has 25 heavy (non-hydrogen) atoms. The highest BCUT2D eigenvalue weighted by atomic mass is 19.1. The van der Waals surface area contributed by atoms with E-state index in [2.05, 4.69) is 20.4 Å². The van der Waals surface area contributed by atoms with Crippen LogP contribution in [0, 0.1) is 5.82 Å². The third kappa shape index (κ3) is 4.66. The predicted molar refractivity (Wildman–Crippen MR) is 94.7 cm³/mol. The molecule has 3 rings (SSSR count). The van der Waals surface area contributed by atoms with Crippen molar-refractivity contribution in [1.82, 2.24) is 20.4 Å². The van der Waals surface area contributed by atoms with E-state index in [1.165, 1.54) is 12.1 Å². The Morgan fingerprint density at radius 1 is 1.40 bits per heavy atom. The fourth-order valence-electron chi connectivity index (χ4n) is 3.40. The Morgan fingerprint density at radius 3 is 2.92 bits per heavy atom. The van der Waals surface area contributed by atoms with Crippen molar-refractivity contribution in [1.29, 1.82) is 0 Å². The van der Waals surface area contributed by atoms with E-state index >= 15 is 0 Å². The van der Waals surface area contributed by atoms with Gasteiger partial charge in [-0.05, 0) is 56.5 Å². The third-order valence-electron chi connectivity index (χ3n) is 4.97. The van der Waals surface area contributed by atoms with Gasteiger partial charge in [0, 0.05) is 30.9 Å². The molecule has 2 atom stereocenters. The van der Waals surface area contributed by atoms with Gasteiger partial charge in [0.2, 0.25) is 5.91 Å². The number of piperidine rings is 1. The van der Waals surface area contributed by atoms with Gasteiger partial charge < -0.3 is 5.32 Å². The summed E-state index contributed by atoms with van der Waals surface area (Å²) in [5.41, 5.74) is 2.17. The van der Waals surface area contributed by atoms with Gasteiger partial charge in [0.25, 0.3) is 0 Å². The molecule has 2 unspecified atom stereocenters. The molecule has 6 heteroatoms. The van der Waals surface area contributed by atoms with Crippen LogP contribution in [0.3, 0.4) is 0 Å². The number of halogens is 1. The van der Waals surface area contributed by atoms with Crippen LogP contribution in [-0.2, 0) is 11.2 Å². The number of aromatic amines is 1. The maximum Gasteiger partial charge on any atom is 0.237 e. The van der Waals surface area contributed by atoms with Crippen LogP contribution in [0.25, 0.3) is 0 Å². The van der Waals surface area contributed by atoms with Crippen molar-refractivity contribution in [2.24, 2.45) is 0 Å². The molecule has 0 radical (unpaired) electrons. The summed E-state index contributed by atoms with van der Waals surface area (Å²) in [4.78, 5) is 14.7. The highest BCUT2D eigenvalue weighted by Crippen LogP contribution is 2.26. The van der Waals surface area contributed by atoms with Gasteiger partial charge in [0.1, 0.15) is 5.82 Å². The Kier molecular flexibility index (Phi) is 5.81. The predicted octanol–water partition coefficient (Wildman–Crippen LogP) is 2.48. The largest absolute Gasteiger partial charge is 0.354 e. The third-order valence-corrected chi connectivity index (χ3v) is 4.97. The van der Waals surface area contributed by atoms with E-state index in [0.29, 0.717) is 18.9 Å². The molecule has 1 aliphatic heterocycles. The van der Waals surface area contributed by atoms with E-state index < -0.39 is 0 Å². The maximum atomic E-state index is 12.9. The van der Waals surface area contributed by atoms with E-state index in [1.807, 2.05) is 13.0 Å². The minimum absolute atomic E-state index is 0.0485. The molecular weight excluding hydrogens is 319 g/mol. The summed E-state index contributed by atoms with van der Waals surface area (Å²) in [7, 11) is 0. The summed E-state index contributed by atoms with van der Waals surface area (Å²) in [6.45, 7) is 4.33. The summed E-state index contributed by atoms with van der Waals surface area (Å²) in [5, 5.41) is 10.1. The van der Waals surface area contributed by atoms with Crippen LogP contribution in [0.1, 0.15) is 36.9 Å². The van der Waals surface area contributed by atoms with Crippen LogP contribution in [0.2, 0.25) is 0 Å². The lowest BCUT2D eigenvalue weighted by Crippen LogP contribution is -2.49. The quantitative estimate of drug-likeness (QED) is 0.846. The average molecular weight is 344 g/mol. The molecule has 1 aromatic heterocycles. The average Bonchev–Trinajstić information content (AvgIpc) is 3.17. The first-order chi connectivity index (χ1) is 12.1. The monoisotopic (exact) mass is 344 g/mol. The Morgan fingerprint density at radius 2 is 2.20 bits per heavy atom. The molecule has 2 N–H and O–H groups in total. The molecule has 1 fully saturated rings. The van der Waals surface area contributed by atoms with Crippen molar-refractivity contribution in [3.8, 4) is 0 Å². The van der Waals surface area contributed by atoms with E-state index in [-0.39, 0.29) is 17.8 Å². The van der Waals surface area contributed by atoms with E-state index in [9.17, 15) is 9.18 Å². The second kappa shape index (κ2) is 8.25. The summed E-state index contributed by atoms with van der Waals surface area (Å²) in [5.74, 6) is 0.219. The van der Waals surface area contributed by atoms with Gasteiger partial charge in [-0.2, -0.15) is 5.10 Å². The number of benzene rings is 1. The molecule has 0 bridgehead atoms. The van der Waals surface area contributed by atoms with Gasteiger partial charge in [-0.1, -0.05) is 12.1 Å². The molecule has 0 aliphatic carbocycles. The normalized spacial score (nSPS) is 19.5. The number of carbonyl (C=O) groups excluding carboxylic acids is 1. The van der Waals surface area contributed by atoms with Crippen LogP contribution in [0.4, 0.5) is 4.39 Å². The number of hydrogen-bond acceptors (Lipinski definition) is 3. The first-order valence-corrected chi connectivity index (χ1v) is 8.89. The number of carbonyl (C=O) groups is 1. The van der Waals surface area contributed by atoms with Gasteiger partial charge in [-0.3, -0.25) is 14.8 Å². The lowest BCUT2D eigenvalue weighted by molar-refractivity contribution is -0.126. The van der Waals surface area contributed by atoms with Gasteiger partial charge in [-0.15, -0.1) is 0 Å². The zero-order valence-electron chi connectivity index (χ0n) is 14.5. The Labute approximate surface area is 147 Å². The molecule has 1 aliphatic rings. The topological polar surface area (TPSA) is 61.0 Å². The van der Waals surface area contributed by atoms with Gasteiger partial charge >= 0.3 is 0 Å². The van der Waals surface area contributed by atoms with Crippen molar-refractivity contribution in [3.63, 3.8) is 0 Å². The van der Waals surface area contributed by atoms with Crippen molar-refractivity contribution < 1.29 is 9.18 Å². The molecule has 5 nitrogen and oxygen atoms in total. The van der Waals surface area contributed by atoms with Crippen molar-refractivity contribution in [3.05, 3.63) is 53.6 Å². The molecule has 1 aromatic carbocycles. The lowest BCUT2D eigenvalue weighted by Gasteiger charge is -2.35. The van der Waals surface area contributed by atoms with Crippen molar-refractivity contribution >= 4 is 5.91 Å². The summed E-state index contributed by atoms with van der Waals surface area (Å²) >= 11 is 0. The SMILES string of the molecule is CC(C(=O)NCCc1ccc(F)cc1)N1CCCC(c2ccn[nH]2)C1. The zero-order valence-corrected chi connectivity index (χ0v) is 14.5. The van der Waals surface area contributed by atoms with Crippen molar-refractivity contribution in [2.75, 3.05) is 19.6 Å². The molecule has 1 saturated heterocycles. The van der Waals surface area contributed by atoms with Crippen LogP contribution >= 0.6 is 0 Å². The summed E-state index contributed by atoms with van der Waals surface area (Å²) < 4.78 is 12.9. The minimum Gasteiger partial charge on any atom is -0.354 e. The Balaban J connectivity index is 1.47. The Bertz CT molecular complexity index is 671. The van der Waals surface area contributed by atoms with Crippen molar-refractivity contribution in [2.45, 2.75) is 38.1 Å². The number of hydrogen-bond donors (Lipinski definition) is 2. The van der Waals surface area contributed by atoms with Crippen LogP contribution in [0.15, 0.2) is 36.5 Å². The number of nitrogens with one attached hydrogen (secondary N) is 2. The van der Waals surface area contributed by atoms with E-state index in [0.717, 1.165) is 37.2 Å². The summed E-state index contributed by atoms with van der Waals surface area (Å²) in [6, 6.07) is 8.27. The fourth-order valence-corrected chi connectivity index (χ4v) is 3.40. The number of rotatable bonds is 6. The maximum absolute atomic E-state index is 12.9. The number of H-pyrrole nitrogens is 1. The molecule has 0 spiro atoms. The van der Waals surface area contributed by atoms with E-state index in [1.54, 1.807) is 18.3 Å². The fraction of sp³-hybridized carbons (Fsp3) is 0.474. The molecule has 0 saturated carbocycles. The number of amides is 1. The lowest BCUT2D eigenvalue weighted by atomic mass is 9.94. The van der Waals surface area contributed by atoms with Gasteiger partial charge in [0.05, 0.1) is 6.04 Å².